The second kappa shape index (κ2) is 19.6. The molecule has 0 spiro atoms. The summed E-state index contributed by atoms with van der Waals surface area (Å²) < 4.78 is 27.8. The van der Waals surface area contributed by atoms with Crippen LogP contribution in [0.2, 0.25) is 0 Å². The number of hydrogen-bond donors (Lipinski definition) is 2. The third-order valence-corrected chi connectivity index (χ3v) is 6.90. The molecule has 0 aromatic heterocycles. The van der Waals surface area contributed by atoms with Gasteiger partial charge in [0.1, 0.15) is 11.5 Å². The number of unbranched alkanes of at least 4 members (excludes halogenated alkanes) is 7. The Kier molecular flexibility index (Phi) is 15.2. The molecule has 0 saturated carbocycles. The smallest absolute Gasteiger partial charge is 0.338 e. The fraction of sp³-hybridized carbons (Fsp3) is 0.389. The van der Waals surface area contributed by atoms with Gasteiger partial charge in [-0.25, -0.2) is 9.59 Å². The first-order valence-corrected chi connectivity index (χ1v) is 15.6. The Hall–Kier alpha value is -4.66. The van der Waals surface area contributed by atoms with Gasteiger partial charge in [-0.2, -0.15) is 0 Å². The Morgan fingerprint density at radius 2 is 1.31 bits per heavy atom. The molecule has 0 heterocycles. The lowest BCUT2D eigenvalue weighted by atomic mass is 10.1. The van der Waals surface area contributed by atoms with E-state index < -0.39 is 11.9 Å². The van der Waals surface area contributed by atoms with E-state index in [-0.39, 0.29) is 0 Å². The van der Waals surface area contributed by atoms with Crippen molar-refractivity contribution in [2.45, 2.75) is 64.7 Å². The van der Waals surface area contributed by atoms with E-state index in [1.165, 1.54) is 6.08 Å². The van der Waals surface area contributed by atoms with Gasteiger partial charge in [0, 0.05) is 17.5 Å². The molecule has 0 fully saturated rings. The van der Waals surface area contributed by atoms with Crippen molar-refractivity contribution in [3.05, 3.63) is 77.9 Å². The minimum Gasteiger partial charge on any atom is -0.494 e. The predicted molar refractivity (Wildman–Crippen MR) is 178 cm³/mol. The van der Waals surface area contributed by atoms with Crippen LogP contribution in [0.1, 0.15) is 80.6 Å². The maximum atomic E-state index is 12.3. The summed E-state index contributed by atoms with van der Waals surface area (Å²) in [6.45, 7) is 3.77. The Morgan fingerprint density at radius 1 is 0.689 bits per heavy atom. The summed E-state index contributed by atoms with van der Waals surface area (Å²) in [5, 5.41) is 0. The zero-order valence-electron chi connectivity index (χ0n) is 26.4. The van der Waals surface area contributed by atoms with Gasteiger partial charge in [0.15, 0.2) is 11.5 Å². The fourth-order valence-corrected chi connectivity index (χ4v) is 4.50. The van der Waals surface area contributed by atoms with Crippen LogP contribution in [0, 0.1) is 0 Å². The van der Waals surface area contributed by atoms with Crippen LogP contribution in [0.5, 0.6) is 23.0 Å². The van der Waals surface area contributed by atoms with Crippen molar-refractivity contribution in [2.24, 2.45) is 0 Å². The number of benzene rings is 3. The fourth-order valence-electron chi connectivity index (χ4n) is 4.50. The van der Waals surface area contributed by atoms with E-state index >= 15 is 0 Å². The van der Waals surface area contributed by atoms with E-state index in [9.17, 15) is 9.59 Å². The molecule has 0 aliphatic carbocycles. The highest BCUT2D eigenvalue weighted by Crippen LogP contribution is 2.29. The Bertz CT molecular complexity index is 1350. The summed E-state index contributed by atoms with van der Waals surface area (Å²) in [7, 11) is 1.59. The molecule has 3 rings (SSSR count). The van der Waals surface area contributed by atoms with Crippen molar-refractivity contribution >= 4 is 29.4 Å². The molecule has 4 N–H and O–H groups in total. The molecule has 0 aliphatic rings. The Morgan fingerprint density at radius 3 is 2.00 bits per heavy atom. The molecule has 9 nitrogen and oxygen atoms in total. The van der Waals surface area contributed by atoms with E-state index in [0.717, 1.165) is 69.1 Å². The van der Waals surface area contributed by atoms with Gasteiger partial charge in [0.2, 0.25) is 0 Å². The maximum Gasteiger partial charge on any atom is 0.338 e. The molecule has 0 bridgehead atoms. The molecule has 0 radical (unpaired) electrons. The van der Waals surface area contributed by atoms with Crippen LogP contribution in [0.3, 0.4) is 0 Å². The number of nitrogens with two attached hydrogens (primary N) is 2. The molecule has 0 atom stereocenters. The summed E-state index contributed by atoms with van der Waals surface area (Å²) in [4.78, 5) is 24.4. The summed E-state index contributed by atoms with van der Waals surface area (Å²) in [6, 6.07) is 17.3. The Balaban J connectivity index is 1.29. The minimum atomic E-state index is -0.477. The number of methoxy groups -OCH3 is 1. The van der Waals surface area contributed by atoms with Crippen LogP contribution in [-0.4, -0.2) is 38.9 Å². The standard InChI is InChI=1S/C36H46N2O7/c1-3-4-9-20-42-31-14-16-32(17-15-31)45-35(39)19-13-27-12-18-33(34(23-27)41-2)43-21-10-7-5-6-8-11-22-44-36(40)28-24-29(37)26-30(38)25-28/h12-19,23-26H,3-11,20-22,37-38H2,1-2H3/b19-13+. The molecule has 3 aromatic rings. The van der Waals surface area contributed by atoms with Gasteiger partial charge >= 0.3 is 11.9 Å². The van der Waals surface area contributed by atoms with Gasteiger partial charge in [-0.05, 0) is 85.5 Å². The topological polar surface area (TPSA) is 132 Å². The zero-order chi connectivity index (χ0) is 32.3. The number of nitrogen functional groups attached to an aromatic ring is 2. The average Bonchev–Trinajstić information content (AvgIpc) is 3.03. The van der Waals surface area contributed by atoms with Crippen LogP contribution in [0.15, 0.2) is 66.7 Å². The molecule has 45 heavy (non-hydrogen) atoms. The first-order valence-electron chi connectivity index (χ1n) is 15.6. The predicted octanol–water partition coefficient (Wildman–Crippen LogP) is 7.62. The molecule has 0 aliphatic heterocycles. The summed E-state index contributed by atoms with van der Waals surface area (Å²) in [6.07, 6.45) is 12.2. The van der Waals surface area contributed by atoms with Gasteiger partial charge in [-0.15, -0.1) is 0 Å². The van der Waals surface area contributed by atoms with E-state index in [4.69, 9.17) is 35.2 Å². The lowest BCUT2D eigenvalue weighted by molar-refractivity contribution is -0.128. The van der Waals surface area contributed by atoms with Crippen LogP contribution < -0.4 is 30.4 Å². The lowest BCUT2D eigenvalue weighted by Gasteiger charge is -2.11. The molecule has 242 valence electrons. The number of ether oxygens (including phenoxy) is 5. The quantitative estimate of drug-likeness (QED) is 0.0431. The first kappa shape index (κ1) is 34.8. The first-order chi connectivity index (χ1) is 21.9. The SMILES string of the molecule is CCCCCOc1ccc(OC(=O)/C=C/c2ccc(OCCCCCCCCOC(=O)c3cc(N)cc(N)c3)c(OC)c2)cc1. The van der Waals surface area contributed by atoms with E-state index in [1.54, 1.807) is 55.7 Å². The van der Waals surface area contributed by atoms with Crippen LogP contribution in [0.4, 0.5) is 11.4 Å². The number of esters is 2. The van der Waals surface area contributed by atoms with Crippen LogP contribution >= 0.6 is 0 Å². The largest absolute Gasteiger partial charge is 0.494 e. The van der Waals surface area contributed by atoms with Crippen molar-refractivity contribution in [1.82, 2.24) is 0 Å². The zero-order valence-corrected chi connectivity index (χ0v) is 26.4. The van der Waals surface area contributed by atoms with Gasteiger partial charge in [-0.1, -0.05) is 51.5 Å². The van der Waals surface area contributed by atoms with Crippen LogP contribution in [0.25, 0.3) is 6.08 Å². The van der Waals surface area contributed by atoms with Gasteiger partial charge < -0.3 is 35.2 Å². The molecular formula is C36H46N2O7. The van der Waals surface area contributed by atoms with Crippen LogP contribution in [-0.2, 0) is 9.53 Å². The number of rotatable bonds is 20. The van der Waals surface area contributed by atoms with Gasteiger partial charge in [-0.3, -0.25) is 0 Å². The van der Waals surface area contributed by atoms with E-state index in [1.807, 2.05) is 18.2 Å². The number of hydrogen-bond acceptors (Lipinski definition) is 9. The second-order valence-corrected chi connectivity index (χ2v) is 10.7. The highest BCUT2D eigenvalue weighted by Gasteiger charge is 2.09. The Labute approximate surface area is 266 Å². The summed E-state index contributed by atoms with van der Waals surface area (Å²) >= 11 is 0. The third kappa shape index (κ3) is 13.3. The summed E-state index contributed by atoms with van der Waals surface area (Å²) in [5.41, 5.74) is 13.5. The van der Waals surface area contributed by atoms with Crippen molar-refractivity contribution in [1.29, 1.82) is 0 Å². The molecule has 0 saturated heterocycles. The summed E-state index contributed by atoms with van der Waals surface area (Å²) in [5.74, 6) is 1.57. The van der Waals surface area contributed by atoms with E-state index in [2.05, 4.69) is 6.92 Å². The van der Waals surface area contributed by atoms with Crippen molar-refractivity contribution in [3.8, 4) is 23.0 Å². The molecule has 0 amide bonds. The lowest BCUT2D eigenvalue weighted by Crippen LogP contribution is -2.07. The second-order valence-electron chi connectivity index (χ2n) is 10.7. The molecule has 0 unspecified atom stereocenters. The van der Waals surface area contributed by atoms with Gasteiger partial charge in [0.05, 0.1) is 32.5 Å². The number of carbonyl (C=O) groups is 2. The number of anilines is 2. The van der Waals surface area contributed by atoms with Crippen molar-refractivity contribution in [2.75, 3.05) is 38.4 Å². The molecule has 9 heteroatoms. The number of carbonyl (C=O) groups excluding carboxylic acids is 2. The highest BCUT2D eigenvalue weighted by molar-refractivity contribution is 5.91. The average molecular weight is 619 g/mol. The maximum absolute atomic E-state index is 12.3. The van der Waals surface area contributed by atoms with Crippen molar-refractivity contribution < 1.29 is 33.3 Å². The van der Waals surface area contributed by atoms with Crippen molar-refractivity contribution in [3.63, 3.8) is 0 Å². The highest BCUT2D eigenvalue weighted by atomic mass is 16.5. The van der Waals surface area contributed by atoms with E-state index in [0.29, 0.717) is 54.0 Å². The van der Waals surface area contributed by atoms with Gasteiger partial charge in [0.25, 0.3) is 0 Å². The molecule has 3 aromatic carbocycles. The third-order valence-electron chi connectivity index (χ3n) is 6.90. The normalized spacial score (nSPS) is 10.9. The monoisotopic (exact) mass is 618 g/mol. The molecular weight excluding hydrogens is 572 g/mol. The minimum absolute atomic E-state index is 0.367.